The summed E-state index contributed by atoms with van der Waals surface area (Å²) in [6.07, 6.45) is 1.68. The monoisotopic (exact) mass is 282 g/mol. The summed E-state index contributed by atoms with van der Waals surface area (Å²) in [4.78, 5) is 16.4. The second-order valence-electron chi connectivity index (χ2n) is 4.46. The molecule has 2 aromatic heterocycles. The molecule has 0 saturated carbocycles. The molecule has 6 nitrogen and oxygen atoms in total. The van der Waals surface area contributed by atoms with Crippen LogP contribution in [0.25, 0.3) is 22.2 Å². The molecule has 3 N–H and O–H groups in total. The number of pyridine rings is 1. The number of fused-ring (bicyclic) bond motifs is 1. The average molecular weight is 282 g/mol. The van der Waals surface area contributed by atoms with Gasteiger partial charge in [-0.05, 0) is 18.4 Å². The third-order valence-corrected chi connectivity index (χ3v) is 3.17. The Balaban J connectivity index is 2.22. The number of rotatable bonds is 3. The Bertz CT molecular complexity index is 805. The van der Waals surface area contributed by atoms with Gasteiger partial charge in [0.2, 0.25) is 0 Å². The lowest BCUT2D eigenvalue weighted by Gasteiger charge is -2.06. The Morgan fingerprint density at radius 2 is 2.10 bits per heavy atom. The van der Waals surface area contributed by atoms with Gasteiger partial charge in [0.15, 0.2) is 0 Å². The SMILES string of the molecule is CCOC(=O)c1c(-c2nccc3ccccc23)n[nH]c1N. The van der Waals surface area contributed by atoms with Gasteiger partial charge >= 0.3 is 5.97 Å². The maximum absolute atomic E-state index is 12.1. The quantitative estimate of drug-likeness (QED) is 0.719. The molecular formula is C15H14N4O2. The van der Waals surface area contributed by atoms with E-state index in [4.69, 9.17) is 10.5 Å². The molecule has 0 atom stereocenters. The van der Waals surface area contributed by atoms with E-state index in [1.807, 2.05) is 30.3 Å². The Morgan fingerprint density at radius 1 is 1.29 bits per heavy atom. The van der Waals surface area contributed by atoms with Crippen molar-refractivity contribution in [3.05, 3.63) is 42.1 Å². The number of benzene rings is 1. The van der Waals surface area contributed by atoms with Crippen LogP contribution in [-0.2, 0) is 4.74 Å². The summed E-state index contributed by atoms with van der Waals surface area (Å²) in [5.41, 5.74) is 7.04. The summed E-state index contributed by atoms with van der Waals surface area (Å²) in [7, 11) is 0. The minimum atomic E-state index is -0.506. The molecule has 0 aliphatic carbocycles. The van der Waals surface area contributed by atoms with Crippen molar-refractivity contribution in [2.75, 3.05) is 12.3 Å². The standard InChI is InChI=1S/C15H14N4O2/c1-2-21-15(20)11-13(18-19-14(11)16)12-10-6-4-3-5-9(10)7-8-17-12/h3-8H,2H2,1H3,(H3,16,18,19). The Hall–Kier alpha value is -2.89. The van der Waals surface area contributed by atoms with Gasteiger partial charge in [0, 0.05) is 11.6 Å². The van der Waals surface area contributed by atoms with Crippen molar-refractivity contribution in [2.24, 2.45) is 0 Å². The fourth-order valence-electron chi connectivity index (χ4n) is 2.25. The molecule has 0 saturated heterocycles. The molecule has 6 heteroatoms. The summed E-state index contributed by atoms with van der Waals surface area (Å²) >= 11 is 0. The number of aromatic amines is 1. The maximum Gasteiger partial charge on any atom is 0.344 e. The Kier molecular flexibility index (Phi) is 3.27. The molecular weight excluding hydrogens is 268 g/mol. The zero-order valence-electron chi connectivity index (χ0n) is 11.5. The molecule has 21 heavy (non-hydrogen) atoms. The van der Waals surface area contributed by atoms with Crippen molar-refractivity contribution in [1.82, 2.24) is 15.2 Å². The van der Waals surface area contributed by atoms with Gasteiger partial charge in [0.1, 0.15) is 17.1 Å². The lowest BCUT2D eigenvalue weighted by atomic mass is 10.1. The summed E-state index contributed by atoms with van der Waals surface area (Å²) in [5.74, 6) is -0.327. The predicted octanol–water partition coefficient (Wildman–Crippen LogP) is 2.38. The van der Waals surface area contributed by atoms with E-state index in [2.05, 4.69) is 15.2 Å². The van der Waals surface area contributed by atoms with Gasteiger partial charge in [0.05, 0.1) is 12.3 Å². The van der Waals surface area contributed by atoms with Crippen LogP contribution in [0, 0.1) is 0 Å². The smallest absolute Gasteiger partial charge is 0.344 e. The van der Waals surface area contributed by atoms with Crippen LogP contribution in [0.1, 0.15) is 17.3 Å². The first-order valence-electron chi connectivity index (χ1n) is 6.57. The molecule has 0 fully saturated rings. The predicted molar refractivity (Wildman–Crippen MR) is 79.7 cm³/mol. The zero-order valence-corrected chi connectivity index (χ0v) is 11.5. The van der Waals surface area contributed by atoms with E-state index in [1.54, 1.807) is 13.1 Å². The van der Waals surface area contributed by atoms with Crippen LogP contribution in [0.2, 0.25) is 0 Å². The number of nitrogen functional groups attached to an aromatic ring is 1. The van der Waals surface area contributed by atoms with Crippen LogP contribution in [0.4, 0.5) is 5.82 Å². The van der Waals surface area contributed by atoms with E-state index in [9.17, 15) is 4.79 Å². The summed E-state index contributed by atoms with van der Waals surface area (Å²) in [6, 6.07) is 9.65. The van der Waals surface area contributed by atoms with E-state index in [-0.39, 0.29) is 18.0 Å². The first kappa shape index (κ1) is 13.1. The second kappa shape index (κ2) is 5.24. The van der Waals surface area contributed by atoms with Crippen LogP contribution < -0.4 is 5.73 Å². The van der Waals surface area contributed by atoms with Crippen LogP contribution in [-0.4, -0.2) is 27.8 Å². The van der Waals surface area contributed by atoms with Gasteiger partial charge in [0.25, 0.3) is 0 Å². The van der Waals surface area contributed by atoms with E-state index in [0.717, 1.165) is 10.8 Å². The van der Waals surface area contributed by atoms with Crippen molar-refractivity contribution in [3.8, 4) is 11.4 Å². The largest absolute Gasteiger partial charge is 0.462 e. The number of anilines is 1. The van der Waals surface area contributed by atoms with Gasteiger partial charge in [-0.1, -0.05) is 24.3 Å². The number of carbonyl (C=O) groups excluding carboxylic acids is 1. The number of H-pyrrole nitrogens is 1. The molecule has 2 heterocycles. The highest BCUT2D eigenvalue weighted by molar-refractivity contribution is 6.04. The first-order chi connectivity index (χ1) is 10.2. The van der Waals surface area contributed by atoms with Crippen LogP contribution >= 0.6 is 0 Å². The molecule has 0 aliphatic rings. The number of esters is 1. The number of aromatic nitrogens is 3. The molecule has 3 rings (SSSR count). The maximum atomic E-state index is 12.1. The summed E-state index contributed by atoms with van der Waals surface area (Å²) < 4.78 is 5.03. The van der Waals surface area contributed by atoms with E-state index in [0.29, 0.717) is 11.4 Å². The fourth-order valence-corrected chi connectivity index (χ4v) is 2.25. The zero-order chi connectivity index (χ0) is 14.8. The van der Waals surface area contributed by atoms with E-state index < -0.39 is 5.97 Å². The Morgan fingerprint density at radius 3 is 2.90 bits per heavy atom. The highest BCUT2D eigenvalue weighted by Crippen LogP contribution is 2.30. The van der Waals surface area contributed by atoms with Crippen LogP contribution in [0.5, 0.6) is 0 Å². The van der Waals surface area contributed by atoms with Gasteiger partial charge in [-0.25, -0.2) is 4.79 Å². The first-order valence-corrected chi connectivity index (χ1v) is 6.57. The molecule has 1 aromatic carbocycles. The van der Waals surface area contributed by atoms with Gasteiger partial charge in [-0.3, -0.25) is 10.1 Å². The number of nitrogens with zero attached hydrogens (tertiary/aromatic N) is 2. The van der Waals surface area contributed by atoms with E-state index in [1.165, 1.54) is 0 Å². The van der Waals surface area contributed by atoms with Crippen molar-refractivity contribution >= 4 is 22.6 Å². The van der Waals surface area contributed by atoms with E-state index >= 15 is 0 Å². The minimum Gasteiger partial charge on any atom is -0.462 e. The summed E-state index contributed by atoms with van der Waals surface area (Å²) in [5, 5.41) is 8.67. The second-order valence-corrected chi connectivity index (χ2v) is 4.46. The van der Waals surface area contributed by atoms with Crippen molar-refractivity contribution in [3.63, 3.8) is 0 Å². The highest BCUT2D eigenvalue weighted by Gasteiger charge is 2.23. The van der Waals surface area contributed by atoms with Crippen LogP contribution in [0.15, 0.2) is 36.5 Å². The molecule has 0 radical (unpaired) electrons. The van der Waals surface area contributed by atoms with Gasteiger partial charge in [-0.15, -0.1) is 0 Å². The molecule has 106 valence electrons. The van der Waals surface area contributed by atoms with Crippen LogP contribution in [0.3, 0.4) is 0 Å². The Labute approximate surface area is 120 Å². The summed E-state index contributed by atoms with van der Waals surface area (Å²) in [6.45, 7) is 2.01. The number of hydrogen-bond donors (Lipinski definition) is 2. The fraction of sp³-hybridized carbons (Fsp3) is 0.133. The molecule has 0 aliphatic heterocycles. The lowest BCUT2D eigenvalue weighted by Crippen LogP contribution is -2.08. The number of nitrogens with two attached hydrogens (primary N) is 1. The minimum absolute atomic E-state index is 0.179. The molecule has 0 spiro atoms. The number of hydrogen-bond acceptors (Lipinski definition) is 5. The van der Waals surface area contributed by atoms with Gasteiger partial charge < -0.3 is 10.5 Å². The molecule has 0 bridgehead atoms. The third kappa shape index (κ3) is 2.20. The van der Waals surface area contributed by atoms with Crippen molar-refractivity contribution < 1.29 is 9.53 Å². The normalized spacial score (nSPS) is 10.7. The molecule has 0 amide bonds. The number of nitrogens with one attached hydrogen (secondary N) is 1. The highest BCUT2D eigenvalue weighted by atomic mass is 16.5. The van der Waals surface area contributed by atoms with Gasteiger partial charge in [-0.2, -0.15) is 5.10 Å². The molecule has 0 unspecified atom stereocenters. The lowest BCUT2D eigenvalue weighted by molar-refractivity contribution is 0.0528. The van der Waals surface area contributed by atoms with Crippen molar-refractivity contribution in [2.45, 2.75) is 6.92 Å². The number of carbonyl (C=O) groups is 1. The topological polar surface area (TPSA) is 93.9 Å². The third-order valence-electron chi connectivity index (χ3n) is 3.17. The molecule has 3 aromatic rings. The van der Waals surface area contributed by atoms with Crippen molar-refractivity contribution in [1.29, 1.82) is 0 Å². The number of ether oxygens (including phenoxy) is 1. The average Bonchev–Trinajstić information content (AvgIpc) is 2.88.